The second-order valence-electron chi connectivity index (χ2n) is 6.17. The zero-order valence-electron chi connectivity index (χ0n) is 14.2. The van der Waals surface area contributed by atoms with Crippen LogP contribution >= 0.6 is 0 Å². The van der Waals surface area contributed by atoms with Crippen molar-refractivity contribution in [3.8, 4) is 0 Å². The summed E-state index contributed by atoms with van der Waals surface area (Å²) >= 11 is 0. The summed E-state index contributed by atoms with van der Waals surface area (Å²) in [6.07, 6.45) is 0. The van der Waals surface area contributed by atoms with E-state index in [1.54, 1.807) is 31.1 Å². The molecule has 4 amide bonds. The van der Waals surface area contributed by atoms with Gasteiger partial charge >= 0.3 is 6.03 Å². The highest BCUT2D eigenvalue weighted by atomic mass is 16.2. The van der Waals surface area contributed by atoms with Gasteiger partial charge in [0.2, 0.25) is 5.54 Å². The Bertz CT molecular complexity index is 775. The Morgan fingerprint density at radius 1 is 1.08 bits per heavy atom. The lowest BCUT2D eigenvalue weighted by Crippen LogP contribution is -2.66. The number of urea groups is 1. The Kier molecular flexibility index (Phi) is 3.36. The van der Waals surface area contributed by atoms with Gasteiger partial charge in [-0.1, -0.05) is 18.2 Å². The number of rotatable bonds is 0. The molecule has 0 unspecified atom stereocenters. The van der Waals surface area contributed by atoms with Crippen LogP contribution in [-0.4, -0.2) is 66.7 Å². The van der Waals surface area contributed by atoms with Crippen LogP contribution < -0.4 is 5.32 Å². The van der Waals surface area contributed by atoms with Gasteiger partial charge in [-0.3, -0.25) is 19.4 Å². The van der Waals surface area contributed by atoms with Crippen LogP contribution in [0.15, 0.2) is 23.2 Å². The van der Waals surface area contributed by atoms with Gasteiger partial charge in [0.1, 0.15) is 0 Å². The van der Waals surface area contributed by atoms with Gasteiger partial charge in [0, 0.05) is 33.8 Å². The average molecular weight is 329 g/mol. The molecule has 0 aliphatic carbocycles. The number of hydrogen-bond donors (Lipinski definition) is 1. The number of barbiturate groups is 1. The number of anilines is 1. The molecule has 1 aromatic rings. The number of hydrogen-bond acceptors (Lipinski definition) is 6. The van der Waals surface area contributed by atoms with Crippen LogP contribution in [0.1, 0.15) is 11.1 Å². The zero-order valence-corrected chi connectivity index (χ0v) is 14.2. The second kappa shape index (κ2) is 5.05. The fourth-order valence-electron chi connectivity index (χ4n) is 3.01. The number of aryl methyl sites for hydroxylation is 1. The Morgan fingerprint density at radius 3 is 2.21 bits per heavy atom. The summed E-state index contributed by atoms with van der Waals surface area (Å²) in [6, 6.07) is 4.68. The van der Waals surface area contributed by atoms with Gasteiger partial charge in [-0.2, -0.15) is 0 Å². The first-order valence-electron chi connectivity index (χ1n) is 7.46. The maximum absolute atomic E-state index is 13.0. The molecule has 0 radical (unpaired) electrons. The molecule has 1 fully saturated rings. The quantitative estimate of drug-likeness (QED) is 0.704. The molecule has 0 bridgehead atoms. The Balaban J connectivity index is 2.35. The lowest BCUT2D eigenvalue weighted by Gasteiger charge is -2.43. The number of amides is 4. The third kappa shape index (κ3) is 1.85. The number of aliphatic imine (C=N–C) groups is 1. The molecule has 2 aliphatic rings. The van der Waals surface area contributed by atoms with Crippen molar-refractivity contribution in [3.63, 3.8) is 0 Å². The fraction of sp³-hybridized carbons (Fsp3) is 0.375. The third-order valence-corrected chi connectivity index (χ3v) is 4.40. The molecular weight excluding hydrogens is 310 g/mol. The topological polar surface area (TPSA) is 85.3 Å². The van der Waals surface area contributed by atoms with Gasteiger partial charge < -0.3 is 10.2 Å². The van der Waals surface area contributed by atoms with Gasteiger partial charge in [-0.25, -0.2) is 9.79 Å². The molecule has 126 valence electrons. The van der Waals surface area contributed by atoms with Crippen LogP contribution in [0.5, 0.6) is 0 Å². The molecule has 0 atom stereocenters. The van der Waals surface area contributed by atoms with Crippen molar-refractivity contribution in [3.05, 3.63) is 29.3 Å². The van der Waals surface area contributed by atoms with E-state index < -0.39 is 23.4 Å². The van der Waals surface area contributed by atoms with E-state index in [1.807, 2.05) is 13.0 Å². The molecule has 1 spiro atoms. The van der Waals surface area contributed by atoms with E-state index >= 15 is 0 Å². The van der Waals surface area contributed by atoms with Crippen molar-refractivity contribution < 1.29 is 14.4 Å². The summed E-state index contributed by atoms with van der Waals surface area (Å²) < 4.78 is 0. The monoisotopic (exact) mass is 329 g/mol. The molecule has 24 heavy (non-hydrogen) atoms. The van der Waals surface area contributed by atoms with E-state index in [-0.39, 0.29) is 0 Å². The number of fused-ring (bicyclic) bond motifs is 2. The number of para-hydroxylation sites is 1. The van der Waals surface area contributed by atoms with Crippen LogP contribution in [0.4, 0.5) is 10.5 Å². The molecule has 2 aliphatic heterocycles. The normalized spacial score (nSPS) is 19.2. The van der Waals surface area contributed by atoms with Crippen molar-refractivity contribution in [2.24, 2.45) is 4.99 Å². The number of benzene rings is 1. The van der Waals surface area contributed by atoms with E-state index in [2.05, 4.69) is 10.3 Å². The zero-order chi connectivity index (χ0) is 17.8. The molecule has 1 N–H and O–H groups in total. The Morgan fingerprint density at radius 2 is 1.67 bits per heavy atom. The maximum atomic E-state index is 13.0. The lowest BCUT2D eigenvalue weighted by molar-refractivity contribution is -0.150. The van der Waals surface area contributed by atoms with Gasteiger partial charge in [0.05, 0.1) is 5.69 Å². The van der Waals surface area contributed by atoms with Crippen molar-refractivity contribution in [2.45, 2.75) is 12.5 Å². The average Bonchev–Trinajstić information content (AvgIpc) is 2.56. The smallest absolute Gasteiger partial charge is 0.333 e. The molecule has 1 aromatic carbocycles. The predicted molar refractivity (Wildman–Crippen MR) is 88.5 cm³/mol. The lowest BCUT2D eigenvalue weighted by atomic mass is 9.82. The number of nitrogens with one attached hydrogen (secondary N) is 1. The number of likely N-dealkylation sites (N-methyl/N-ethyl adjacent to an activating group) is 2. The second-order valence-corrected chi connectivity index (χ2v) is 6.17. The summed E-state index contributed by atoms with van der Waals surface area (Å²) in [5, 5.41) is 3.17. The highest BCUT2D eigenvalue weighted by Crippen LogP contribution is 2.42. The van der Waals surface area contributed by atoms with Gasteiger partial charge in [0.15, 0.2) is 5.96 Å². The highest BCUT2D eigenvalue weighted by Gasteiger charge is 2.59. The van der Waals surface area contributed by atoms with E-state index in [4.69, 9.17) is 0 Å². The van der Waals surface area contributed by atoms with Crippen molar-refractivity contribution in [1.29, 1.82) is 0 Å². The molecule has 3 rings (SSSR count). The van der Waals surface area contributed by atoms with E-state index in [0.717, 1.165) is 15.4 Å². The molecular formula is C16H19N5O3. The van der Waals surface area contributed by atoms with E-state index in [0.29, 0.717) is 17.2 Å². The Labute approximate surface area is 139 Å². The molecule has 0 saturated carbocycles. The van der Waals surface area contributed by atoms with E-state index in [9.17, 15) is 14.4 Å². The summed E-state index contributed by atoms with van der Waals surface area (Å²) in [5.74, 6) is -0.916. The van der Waals surface area contributed by atoms with E-state index in [1.165, 1.54) is 14.1 Å². The van der Waals surface area contributed by atoms with Crippen molar-refractivity contribution in [2.75, 3.05) is 33.5 Å². The largest absolute Gasteiger partial charge is 0.349 e. The van der Waals surface area contributed by atoms with Gasteiger partial charge in [-0.05, 0) is 12.5 Å². The minimum absolute atomic E-state index is 0.384. The SMILES string of the molecule is Cc1cccc2c1NC(N(C)C)=NC21C(=O)N(C)C(=O)N(C)C1=O. The Hall–Kier alpha value is -2.90. The van der Waals surface area contributed by atoms with Crippen molar-refractivity contribution >= 4 is 29.5 Å². The third-order valence-electron chi connectivity index (χ3n) is 4.40. The van der Waals surface area contributed by atoms with Gasteiger partial charge in [-0.15, -0.1) is 0 Å². The van der Waals surface area contributed by atoms with Crippen LogP contribution in [-0.2, 0) is 15.1 Å². The summed E-state index contributed by atoms with van der Waals surface area (Å²) in [7, 11) is 6.24. The highest BCUT2D eigenvalue weighted by molar-refractivity contribution is 6.25. The summed E-state index contributed by atoms with van der Waals surface area (Å²) in [5.41, 5.74) is 0.205. The van der Waals surface area contributed by atoms with Crippen LogP contribution in [0.2, 0.25) is 0 Å². The molecule has 8 nitrogen and oxygen atoms in total. The first-order valence-corrected chi connectivity index (χ1v) is 7.46. The predicted octanol–water partition coefficient (Wildman–Crippen LogP) is 0.584. The minimum Gasteiger partial charge on any atom is -0.349 e. The van der Waals surface area contributed by atoms with Crippen molar-refractivity contribution in [1.82, 2.24) is 14.7 Å². The van der Waals surface area contributed by atoms with Crippen LogP contribution in [0, 0.1) is 6.92 Å². The molecule has 2 heterocycles. The standard InChI is InChI=1S/C16H19N5O3/c1-9-7-6-8-10-11(9)17-14(19(2)3)18-16(10)12(22)20(4)15(24)21(5)13(16)23/h6-8H,1-5H3,(H,17,18). The number of nitrogens with zero attached hydrogens (tertiary/aromatic N) is 4. The first-order chi connectivity index (χ1) is 11.2. The number of carbonyl (C=O) groups is 3. The summed E-state index contributed by atoms with van der Waals surface area (Å²) in [4.78, 5) is 46.1. The van der Waals surface area contributed by atoms with Crippen LogP contribution in [0.25, 0.3) is 0 Å². The summed E-state index contributed by atoms with van der Waals surface area (Å²) in [6.45, 7) is 1.88. The number of guanidine groups is 1. The van der Waals surface area contributed by atoms with Crippen LogP contribution in [0.3, 0.4) is 0 Å². The fourth-order valence-corrected chi connectivity index (χ4v) is 3.01. The maximum Gasteiger partial charge on any atom is 0.333 e. The number of carbonyl (C=O) groups excluding carboxylic acids is 3. The van der Waals surface area contributed by atoms with Gasteiger partial charge in [0.25, 0.3) is 11.8 Å². The molecule has 0 aromatic heterocycles. The molecule has 1 saturated heterocycles. The first kappa shape index (κ1) is 16.0. The number of imide groups is 2. The minimum atomic E-state index is -1.79. The molecule has 8 heteroatoms.